The van der Waals surface area contributed by atoms with Crippen molar-refractivity contribution in [1.29, 1.82) is 0 Å². The van der Waals surface area contributed by atoms with Gasteiger partial charge in [-0.15, -0.1) is 0 Å². The maximum Gasteiger partial charge on any atom is 0.241 e. The zero-order chi connectivity index (χ0) is 19.4. The molecule has 0 amide bonds. The molecule has 2 aromatic rings. The van der Waals surface area contributed by atoms with Crippen molar-refractivity contribution in [2.24, 2.45) is 0 Å². The Balaban J connectivity index is 2.01. The number of nitrogens with one attached hydrogen (secondary N) is 1. The standard InChI is InChI=1S/C21H23NO3S/c1-16(23)18-9-7-17(8-10-18)6-5-15-22-26(24,25)20-13-11-19(12-14-20)21(2,3)4/h7-14,22H,15H2,1-4H3. The fraction of sp³-hybridized carbons (Fsp3) is 0.286. The zero-order valence-corrected chi connectivity index (χ0v) is 16.3. The second kappa shape index (κ2) is 7.86. The Morgan fingerprint density at radius 1 is 1.00 bits per heavy atom. The van der Waals surface area contributed by atoms with Crippen LogP contribution >= 0.6 is 0 Å². The molecule has 136 valence electrons. The molecular formula is C21H23NO3S. The molecule has 2 rings (SSSR count). The molecule has 0 bridgehead atoms. The molecule has 0 aliphatic heterocycles. The molecule has 0 fully saturated rings. The Kier molecular flexibility index (Phi) is 6.01. The van der Waals surface area contributed by atoms with Crippen LogP contribution in [0, 0.1) is 11.8 Å². The van der Waals surface area contributed by atoms with Gasteiger partial charge in [-0.05, 0) is 42.2 Å². The van der Waals surface area contributed by atoms with Crippen LogP contribution in [0.4, 0.5) is 0 Å². The topological polar surface area (TPSA) is 63.2 Å². The van der Waals surface area contributed by atoms with Gasteiger partial charge in [-0.25, -0.2) is 8.42 Å². The number of hydrogen-bond acceptors (Lipinski definition) is 3. The van der Waals surface area contributed by atoms with E-state index in [9.17, 15) is 13.2 Å². The Morgan fingerprint density at radius 2 is 1.58 bits per heavy atom. The van der Waals surface area contributed by atoms with Gasteiger partial charge in [-0.2, -0.15) is 4.72 Å². The van der Waals surface area contributed by atoms with E-state index in [1.807, 2.05) is 12.1 Å². The molecule has 26 heavy (non-hydrogen) atoms. The van der Waals surface area contributed by atoms with Gasteiger partial charge in [0.15, 0.2) is 5.78 Å². The van der Waals surface area contributed by atoms with Crippen molar-refractivity contribution >= 4 is 15.8 Å². The number of Topliss-reactive ketones (excluding diaryl/α,β-unsaturated/α-hetero) is 1. The lowest BCUT2D eigenvalue weighted by molar-refractivity contribution is 0.101. The number of carbonyl (C=O) groups is 1. The first kappa shape index (κ1) is 19.9. The predicted molar refractivity (Wildman–Crippen MR) is 104 cm³/mol. The number of hydrogen-bond donors (Lipinski definition) is 1. The second-order valence-corrected chi connectivity index (χ2v) is 8.80. The molecule has 2 aromatic carbocycles. The van der Waals surface area contributed by atoms with Gasteiger partial charge in [-0.3, -0.25) is 4.79 Å². The smallest absolute Gasteiger partial charge is 0.241 e. The molecular weight excluding hydrogens is 346 g/mol. The summed E-state index contributed by atoms with van der Waals surface area (Å²) in [4.78, 5) is 11.4. The van der Waals surface area contributed by atoms with E-state index in [2.05, 4.69) is 37.3 Å². The summed E-state index contributed by atoms with van der Waals surface area (Å²) in [5.74, 6) is 5.66. The lowest BCUT2D eigenvalue weighted by Gasteiger charge is -2.19. The van der Waals surface area contributed by atoms with Crippen LogP contribution in [-0.2, 0) is 15.4 Å². The number of carbonyl (C=O) groups excluding carboxylic acids is 1. The molecule has 0 saturated carbocycles. The Bertz CT molecular complexity index is 940. The van der Waals surface area contributed by atoms with Gasteiger partial charge >= 0.3 is 0 Å². The molecule has 0 heterocycles. The lowest BCUT2D eigenvalue weighted by atomic mass is 9.87. The van der Waals surface area contributed by atoms with Crippen molar-refractivity contribution in [1.82, 2.24) is 4.72 Å². The summed E-state index contributed by atoms with van der Waals surface area (Å²) < 4.78 is 27.1. The lowest BCUT2D eigenvalue weighted by Crippen LogP contribution is -2.24. The SMILES string of the molecule is CC(=O)c1ccc(C#CCNS(=O)(=O)c2ccc(C(C)(C)C)cc2)cc1. The van der Waals surface area contributed by atoms with Crippen molar-refractivity contribution in [2.45, 2.75) is 38.0 Å². The second-order valence-electron chi connectivity index (χ2n) is 7.03. The number of ketones is 1. The molecule has 1 N–H and O–H groups in total. The fourth-order valence-electron chi connectivity index (χ4n) is 2.28. The zero-order valence-electron chi connectivity index (χ0n) is 15.5. The number of rotatable bonds is 4. The molecule has 0 aliphatic rings. The Hall–Kier alpha value is -2.42. The minimum absolute atomic E-state index is 0.00486. The van der Waals surface area contributed by atoms with E-state index in [1.165, 1.54) is 6.92 Å². The van der Waals surface area contributed by atoms with E-state index in [1.54, 1.807) is 36.4 Å². The summed E-state index contributed by atoms with van der Waals surface area (Å²) in [6, 6.07) is 13.8. The van der Waals surface area contributed by atoms with Crippen LogP contribution in [0.2, 0.25) is 0 Å². The number of sulfonamides is 1. The summed E-state index contributed by atoms with van der Waals surface area (Å²) in [5, 5.41) is 0. The quantitative estimate of drug-likeness (QED) is 0.662. The largest absolute Gasteiger partial charge is 0.295 e. The third kappa shape index (κ3) is 5.29. The van der Waals surface area contributed by atoms with E-state index in [-0.39, 0.29) is 22.6 Å². The molecule has 0 saturated heterocycles. The highest BCUT2D eigenvalue weighted by molar-refractivity contribution is 7.89. The molecule has 0 spiro atoms. The summed E-state index contributed by atoms with van der Waals surface area (Å²) in [7, 11) is -3.59. The van der Waals surface area contributed by atoms with E-state index in [4.69, 9.17) is 0 Å². The van der Waals surface area contributed by atoms with Gasteiger partial charge in [0.05, 0.1) is 11.4 Å². The highest BCUT2D eigenvalue weighted by Gasteiger charge is 2.16. The van der Waals surface area contributed by atoms with Gasteiger partial charge in [0.25, 0.3) is 0 Å². The van der Waals surface area contributed by atoms with E-state index >= 15 is 0 Å². The van der Waals surface area contributed by atoms with Crippen LogP contribution in [0.25, 0.3) is 0 Å². The minimum Gasteiger partial charge on any atom is -0.295 e. The van der Waals surface area contributed by atoms with Gasteiger partial charge < -0.3 is 0 Å². The third-order valence-corrected chi connectivity index (χ3v) is 5.32. The van der Waals surface area contributed by atoms with Crippen molar-refractivity contribution in [2.75, 3.05) is 6.54 Å². The molecule has 0 unspecified atom stereocenters. The van der Waals surface area contributed by atoms with Crippen LogP contribution < -0.4 is 4.72 Å². The highest BCUT2D eigenvalue weighted by atomic mass is 32.2. The summed E-state index contributed by atoms with van der Waals surface area (Å²) >= 11 is 0. The van der Waals surface area contributed by atoms with Gasteiger partial charge in [0.2, 0.25) is 10.0 Å². The van der Waals surface area contributed by atoms with E-state index < -0.39 is 10.0 Å². The molecule has 0 radical (unpaired) electrons. The first-order valence-electron chi connectivity index (χ1n) is 8.30. The van der Waals surface area contributed by atoms with Gasteiger partial charge in [0, 0.05) is 11.1 Å². The van der Waals surface area contributed by atoms with Gasteiger partial charge in [0.1, 0.15) is 0 Å². The Labute approximate surface area is 155 Å². The maximum absolute atomic E-state index is 12.3. The molecule has 0 aliphatic carbocycles. The van der Waals surface area contributed by atoms with Crippen molar-refractivity contribution in [3.8, 4) is 11.8 Å². The van der Waals surface area contributed by atoms with Crippen LogP contribution in [0.5, 0.6) is 0 Å². The third-order valence-electron chi connectivity index (χ3n) is 3.91. The van der Waals surface area contributed by atoms with Crippen LogP contribution in [0.3, 0.4) is 0 Å². The van der Waals surface area contributed by atoms with Crippen LogP contribution in [0.15, 0.2) is 53.4 Å². The average Bonchev–Trinajstić information content (AvgIpc) is 2.58. The first-order chi connectivity index (χ1) is 12.1. The van der Waals surface area contributed by atoms with Crippen LogP contribution in [0.1, 0.15) is 49.2 Å². The normalized spacial score (nSPS) is 11.5. The predicted octanol–water partition coefficient (Wildman–Crippen LogP) is 3.52. The van der Waals surface area contributed by atoms with Crippen LogP contribution in [-0.4, -0.2) is 20.7 Å². The van der Waals surface area contributed by atoms with Gasteiger partial charge in [-0.1, -0.05) is 56.9 Å². The minimum atomic E-state index is -3.59. The van der Waals surface area contributed by atoms with Crippen molar-refractivity contribution in [3.63, 3.8) is 0 Å². The summed E-state index contributed by atoms with van der Waals surface area (Å²) in [6.07, 6.45) is 0. The molecule has 4 nitrogen and oxygen atoms in total. The maximum atomic E-state index is 12.3. The fourth-order valence-corrected chi connectivity index (χ4v) is 3.21. The molecule has 0 aromatic heterocycles. The van der Waals surface area contributed by atoms with Crippen molar-refractivity contribution < 1.29 is 13.2 Å². The summed E-state index contributed by atoms with van der Waals surface area (Å²) in [6.45, 7) is 7.75. The van der Waals surface area contributed by atoms with E-state index in [0.717, 1.165) is 11.1 Å². The van der Waals surface area contributed by atoms with E-state index in [0.29, 0.717) is 5.56 Å². The molecule has 5 heteroatoms. The highest BCUT2D eigenvalue weighted by Crippen LogP contribution is 2.23. The average molecular weight is 369 g/mol. The Morgan fingerprint density at radius 3 is 2.08 bits per heavy atom. The van der Waals surface area contributed by atoms with Crippen molar-refractivity contribution in [3.05, 3.63) is 65.2 Å². The number of benzene rings is 2. The molecule has 0 atom stereocenters. The first-order valence-corrected chi connectivity index (χ1v) is 9.78. The summed E-state index contributed by atoms with van der Waals surface area (Å²) in [5.41, 5.74) is 2.39. The monoisotopic (exact) mass is 369 g/mol.